The predicted molar refractivity (Wildman–Crippen MR) is 60.0 cm³/mol. The maximum Gasteiger partial charge on any atom is 0.0224 e. The lowest BCUT2D eigenvalue weighted by Crippen LogP contribution is -2.41. The Morgan fingerprint density at radius 2 is 1.85 bits per heavy atom. The van der Waals surface area contributed by atoms with Crippen LogP contribution in [0, 0.1) is 0 Å². The van der Waals surface area contributed by atoms with Crippen molar-refractivity contribution in [3.05, 3.63) is 25.3 Å². The van der Waals surface area contributed by atoms with E-state index < -0.39 is 0 Å². The third-order valence-corrected chi connectivity index (χ3v) is 2.15. The second-order valence-electron chi connectivity index (χ2n) is 3.15. The van der Waals surface area contributed by atoms with E-state index in [1.807, 2.05) is 19.2 Å². The normalized spacial score (nSPS) is 12.8. The summed E-state index contributed by atoms with van der Waals surface area (Å²) in [7, 11) is 1.99. The third kappa shape index (κ3) is 4.86. The summed E-state index contributed by atoms with van der Waals surface area (Å²) in [6.07, 6.45) is 5.05. The summed E-state index contributed by atoms with van der Waals surface area (Å²) in [5.41, 5.74) is 0. The molecule has 0 fully saturated rings. The minimum Gasteiger partial charge on any atom is -0.318 e. The van der Waals surface area contributed by atoms with E-state index >= 15 is 0 Å². The van der Waals surface area contributed by atoms with Crippen LogP contribution in [0.2, 0.25) is 0 Å². The van der Waals surface area contributed by atoms with Crippen molar-refractivity contribution < 1.29 is 0 Å². The van der Waals surface area contributed by atoms with Crippen molar-refractivity contribution in [1.29, 1.82) is 0 Å². The number of nitrogens with zero attached hydrogens (tertiary/aromatic N) is 1. The van der Waals surface area contributed by atoms with E-state index in [1.54, 1.807) is 0 Å². The molecule has 1 unspecified atom stereocenters. The highest BCUT2D eigenvalue weighted by Crippen LogP contribution is 2.03. The minimum atomic E-state index is 0.584. The Kier molecular flexibility index (Phi) is 7.65. The minimum absolute atomic E-state index is 0.584. The standard InChI is InChI=1S/C11H22N2/c1-5-8-13(9-6-2)11(7-3)10-12-4/h5-6,11-12H,1-2,7-10H2,3-4H3. The molecular weight excluding hydrogens is 160 g/mol. The summed E-state index contributed by atoms with van der Waals surface area (Å²) in [5.74, 6) is 0. The van der Waals surface area contributed by atoms with E-state index in [0.717, 1.165) is 26.1 Å². The molecule has 0 bridgehead atoms. The second kappa shape index (κ2) is 8.02. The van der Waals surface area contributed by atoms with Crippen molar-refractivity contribution in [2.45, 2.75) is 19.4 Å². The Labute approximate surface area is 82.3 Å². The van der Waals surface area contributed by atoms with Gasteiger partial charge < -0.3 is 5.32 Å². The highest BCUT2D eigenvalue weighted by Gasteiger charge is 2.12. The summed E-state index contributed by atoms with van der Waals surface area (Å²) >= 11 is 0. The number of likely N-dealkylation sites (N-methyl/N-ethyl adjacent to an activating group) is 1. The summed E-state index contributed by atoms with van der Waals surface area (Å²) in [6, 6.07) is 0.584. The van der Waals surface area contributed by atoms with Crippen molar-refractivity contribution >= 4 is 0 Å². The Hall–Kier alpha value is -0.600. The summed E-state index contributed by atoms with van der Waals surface area (Å²) in [4.78, 5) is 2.37. The average molecular weight is 182 g/mol. The van der Waals surface area contributed by atoms with Crippen LogP contribution in [0.5, 0.6) is 0 Å². The summed E-state index contributed by atoms with van der Waals surface area (Å²) < 4.78 is 0. The van der Waals surface area contributed by atoms with Gasteiger partial charge in [-0.1, -0.05) is 19.1 Å². The molecule has 76 valence electrons. The topological polar surface area (TPSA) is 15.3 Å². The molecule has 0 amide bonds. The first-order chi connectivity index (χ1) is 6.29. The maximum atomic E-state index is 3.76. The van der Waals surface area contributed by atoms with Crippen molar-refractivity contribution in [2.75, 3.05) is 26.7 Å². The van der Waals surface area contributed by atoms with Gasteiger partial charge in [0.1, 0.15) is 0 Å². The second-order valence-corrected chi connectivity index (χ2v) is 3.15. The Bertz CT molecular complexity index is 133. The van der Waals surface area contributed by atoms with Gasteiger partial charge in [0, 0.05) is 25.7 Å². The number of hydrogen-bond donors (Lipinski definition) is 1. The van der Waals surface area contributed by atoms with Crippen LogP contribution in [0.1, 0.15) is 13.3 Å². The van der Waals surface area contributed by atoms with E-state index in [1.165, 1.54) is 0 Å². The first-order valence-corrected chi connectivity index (χ1v) is 4.90. The van der Waals surface area contributed by atoms with Crippen molar-refractivity contribution in [3.8, 4) is 0 Å². The maximum absolute atomic E-state index is 3.76. The SMILES string of the molecule is C=CCN(CC=C)C(CC)CNC. The van der Waals surface area contributed by atoms with E-state index in [4.69, 9.17) is 0 Å². The van der Waals surface area contributed by atoms with Crippen LogP contribution in [-0.2, 0) is 0 Å². The lowest BCUT2D eigenvalue weighted by molar-refractivity contribution is 0.230. The van der Waals surface area contributed by atoms with Gasteiger partial charge in [-0.2, -0.15) is 0 Å². The number of hydrogen-bond acceptors (Lipinski definition) is 2. The Morgan fingerprint density at radius 3 is 2.15 bits per heavy atom. The van der Waals surface area contributed by atoms with Crippen LogP contribution < -0.4 is 5.32 Å². The lowest BCUT2D eigenvalue weighted by atomic mass is 10.2. The van der Waals surface area contributed by atoms with Crippen molar-refractivity contribution in [3.63, 3.8) is 0 Å². The molecule has 0 aromatic carbocycles. The molecule has 0 radical (unpaired) electrons. The molecule has 0 aliphatic carbocycles. The smallest absolute Gasteiger partial charge is 0.0224 e. The monoisotopic (exact) mass is 182 g/mol. The van der Waals surface area contributed by atoms with E-state index in [-0.39, 0.29) is 0 Å². The van der Waals surface area contributed by atoms with Gasteiger partial charge in [0.15, 0.2) is 0 Å². The highest BCUT2D eigenvalue weighted by molar-refractivity contribution is 4.84. The highest BCUT2D eigenvalue weighted by atomic mass is 15.2. The van der Waals surface area contributed by atoms with Crippen molar-refractivity contribution in [2.24, 2.45) is 0 Å². The molecule has 0 aromatic rings. The molecule has 13 heavy (non-hydrogen) atoms. The fourth-order valence-electron chi connectivity index (χ4n) is 1.47. The number of nitrogens with one attached hydrogen (secondary N) is 1. The molecular formula is C11H22N2. The Balaban J connectivity index is 4.09. The number of rotatable bonds is 8. The molecule has 0 aliphatic heterocycles. The van der Waals surface area contributed by atoms with Crippen molar-refractivity contribution in [1.82, 2.24) is 10.2 Å². The molecule has 2 heteroatoms. The van der Waals surface area contributed by atoms with Crippen LogP contribution in [0.3, 0.4) is 0 Å². The molecule has 0 saturated carbocycles. The van der Waals surface area contributed by atoms with Crippen LogP contribution >= 0.6 is 0 Å². The van der Waals surface area contributed by atoms with Crippen LogP contribution in [-0.4, -0.2) is 37.6 Å². The zero-order valence-corrected chi connectivity index (χ0v) is 8.92. The third-order valence-electron chi connectivity index (χ3n) is 2.15. The molecule has 0 rings (SSSR count). The van der Waals surface area contributed by atoms with Crippen LogP contribution in [0.15, 0.2) is 25.3 Å². The van der Waals surface area contributed by atoms with Gasteiger partial charge in [0.2, 0.25) is 0 Å². The van der Waals surface area contributed by atoms with Crippen LogP contribution in [0.4, 0.5) is 0 Å². The van der Waals surface area contributed by atoms with Gasteiger partial charge in [-0.05, 0) is 13.5 Å². The molecule has 0 aromatic heterocycles. The zero-order valence-electron chi connectivity index (χ0n) is 8.92. The summed E-state index contributed by atoms with van der Waals surface area (Å²) in [6.45, 7) is 12.6. The van der Waals surface area contributed by atoms with Gasteiger partial charge in [0.25, 0.3) is 0 Å². The first kappa shape index (κ1) is 12.4. The average Bonchev–Trinajstić information content (AvgIpc) is 2.14. The Morgan fingerprint density at radius 1 is 1.31 bits per heavy atom. The van der Waals surface area contributed by atoms with E-state index in [2.05, 4.69) is 30.3 Å². The quantitative estimate of drug-likeness (QED) is 0.574. The van der Waals surface area contributed by atoms with Gasteiger partial charge in [-0.25, -0.2) is 0 Å². The summed E-state index contributed by atoms with van der Waals surface area (Å²) in [5, 5.41) is 3.21. The zero-order chi connectivity index (χ0) is 10.1. The molecule has 1 N–H and O–H groups in total. The van der Waals surface area contributed by atoms with Gasteiger partial charge in [0.05, 0.1) is 0 Å². The van der Waals surface area contributed by atoms with E-state index in [0.29, 0.717) is 6.04 Å². The van der Waals surface area contributed by atoms with Gasteiger partial charge in [-0.15, -0.1) is 13.2 Å². The van der Waals surface area contributed by atoms with Crippen LogP contribution in [0.25, 0.3) is 0 Å². The fraction of sp³-hybridized carbons (Fsp3) is 0.636. The molecule has 1 atom stereocenters. The van der Waals surface area contributed by atoms with E-state index in [9.17, 15) is 0 Å². The van der Waals surface area contributed by atoms with Gasteiger partial charge in [-0.3, -0.25) is 4.90 Å². The largest absolute Gasteiger partial charge is 0.318 e. The first-order valence-electron chi connectivity index (χ1n) is 4.90. The molecule has 0 aliphatic rings. The lowest BCUT2D eigenvalue weighted by Gasteiger charge is -2.28. The predicted octanol–water partition coefficient (Wildman–Crippen LogP) is 1.66. The molecule has 0 heterocycles. The van der Waals surface area contributed by atoms with Gasteiger partial charge >= 0.3 is 0 Å². The fourth-order valence-corrected chi connectivity index (χ4v) is 1.47. The molecule has 0 saturated heterocycles. The molecule has 2 nitrogen and oxygen atoms in total. The molecule has 0 spiro atoms.